The molecule has 0 amide bonds. The molecule has 0 bridgehead atoms. The van der Waals surface area contributed by atoms with Crippen LogP contribution < -0.4 is 0 Å². The minimum absolute atomic E-state index is 0.336. The van der Waals surface area contributed by atoms with Crippen molar-refractivity contribution in [2.24, 2.45) is 0 Å². The van der Waals surface area contributed by atoms with Gasteiger partial charge in [0.25, 0.3) is 0 Å². The Bertz CT molecular complexity index is 744. The highest BCUT2D eigenvalue weighted by Crippen LogP contribution is 2.21. The zero-order valence-corrected chi connectivity index (χ0v) is 10.5. The number of aromatic nitrogens is 1. The number of para-hydroxylation sites is 1. The lowest BCUT2D eigenvalue weighted by Gasteiger charge is -2.09. The van der Waals surface area contributed by atoms with Crippen LogP contribution in [0.1, 0.15) is 11.3 Å². The molecule has 0 radical (unpaired) electrons. The molecule has 0 saturated heterocycles. The summed E-state index contributed by atoms with van der Waals surface area (Å²) in [7, 11) is 0. The van der Waals surface area contributed by atoms with Crippen molar-refractivity contribution < 1.29 is 8.78 Å². The molecular weight excluding hydrogens is 244 g/mol. The average molecular weight is 257 g/mol. The molecule has 3 rings (SSSR count). The van der Waals surface area contributed by atoms with E-state index in [9.17, 15) is 8.78 Å². The van der Waals surface area contributed by atoms with Crippen LogP contribution in [0.15, 0.2) is 48.5 Å². The number of benzene rings is 2. The van der Waals surface area contributed by atoms with Gasteiger partial charge in [-0.05, 0) is 42.6 Å². The van der Waals surface area contributed by atoms with Gasteiger partial charge >= 0.3 is 0 Å². The molecule has 1 aromatic heterocycles. The third-order valence-electron chi connectivity index (χ3n) is 3.35. The van der Waals surface area contributed by atoms with Crippen LogP contribution in [0.4, 0.5) is 8.78 Å². The fraction of sp³-hybridized carbons (Fsp3) is 0.125. The lowest BCUT2D eigenvalue weighted by atomic mass is 10.2. The predicted molar refractivity (Wildman–Crippen MR) is 72.1 cm³/mol. The smallest absolute Gasteiger partial charge is 0.128 e. The first-order chi connectivity index (χ1) is 9.15. The van der Waals surface area contributed by atoms with Gasteiger partial charge in [0, 0.05) is 16.8 Å². The molecular formula is C16H13F2N. The van der Waals surface area contributed by atoms with Crippen molar-refractivity contribution in [2.45, 2.75) is 13.5 Å². The summed E-state index contributed by atoms with van der Waals surface area (Å²) >= 11 is 0. The summed E-state index contributed by atoms with van der Waals surface area (Å²) in [5.74, 6) is -0.788. The molecule has 0 aliphatic heterocycles. The maximum Gasteiger partial charge on any atom is 0.128 e. The molecule has 3 heteroatoms. The van der Waals surface area contributed by atoms with E-state index in [-0.39, 0.29) is 5.82 Å². The zero-order chi connectivity index (χ0) is 13.4. The first-order valence-electron chi connectivity index (χ1n) is 6.14. The fourth-order valence-corrected chi connectivity index (χ4v) is 2.39. The van der Waals surface area contributed by atoms with E-state index in [1.54, 1.807) is 0 Å². The van der Waals surface area contributed by atoms with Gasteiger partial charge in [-0.25, -0.2) is 8.78 Å². The van der Waals surface area contributed by atoms with Gasteiger partial charge in [-0.2, -0.15) is 0 Å². The summed E-state index contributed by atoms with van der Waals surface area (Å²) in [6, 6.07) is 13.5. The van der Waals surface area contributed by atoms with E-state index in [1.807, 2.05) is 41.8 Å². The van der Waals surface area contributed by atoms with E-state index in [0.29, 0.717) is 12.1 Å². The quantitative estimate of drug-likeness (QED) is 0.646. The van der Waals surface area contributed by atoms with E-state index in [4.69, 9.17) is 0 Å². The SMILES string of the molecule is Cc1cc2ccccc2n1Cc1cc(F)ccc1F. The molecule has 0 unspecified atom stereocenters. The number of fused-ring (bicyclic) bond motifs is 1. The molecule has 0 N–H and O–H groups in total. The zero-order valence-electron chi connectivity index (χ0n) is 10.5. The second-order valence-corrected chi connectivity index (χ2v) is 4.67. The van der Waals surface area contributed by atoms with Gasteiger partial charge in [0.05, 0.1) is 6.54 Å². The number of hydrogen-bond donors (Lipinski definition) is 0. The van der Waals surface area contributed by atoms with Gasteiger partial charge < -0.3 is 4.57 Å². The van der Waals surface area contributed by atoms with Crippen LogP contribution in [0.5, 0.6) is 0 Å². The summed E-state index contributed by atoms with van der Waals surface area (Å²) in [6.07, 6.45) is 0. The Morgan fingerprint density at radius 2 is 1.79 bits per heavy atom. The standard InChI is InChI=1S/C16H13F2N/c1-11-8-12-4-2-3-5-16(12)19(11)10-13-9-14(17)6-7-15(13)18/h2-9H,10H2,1H3. The van der Waals surface area contributed by atoms with E-state index < -0.39 is 5.82 Å². The van der Waals surface area contributed by atoms with Crippen molar-refractivity contribution in [3.05, 3.63) is 71.4 Å². The van der Waals surface area contributed by atoms with E-state index in [1.165, 1.54) is 12.1 Å². The van der Waals surface area contributed by atoms with Crippen molar-refractivity contribution in [2.75, 3.05) is 0 Å². The Morgan fingerprint density at radius 3 is 2.63 bits per heavy atom. The number of rotatable bonds is 2. The molecule has 96 valence electrons. The van der Waals surface area contributed by atoms with Crippen molar-refractivity contribution >= 4 is 10.9 Å². The highest BCUT2D eigenvalue weighted by Gasteiger charge is 2.09. The van der Waals surface area contributed by atoms with Crippen LogP contribution in [0.2, 0.25) is 0 Å². The van der Waals surface area contributed by atoms with Gasteiger partial charge in [0.2, 0.25) is 0 Å². The normalized spacial score (nSPS) is 11.1. The lowest BCUT2D eigenvalue weighted by molar-refractivity contribution is 0.578. The second-order valence-electron chi connectivity index (χ2n) is 4.67. The predicted octanol–water partition coefficient (Wildman–Crippen LogP) is 4.28. The Balaban J connectivity index is 2.10. The minimum Gasteiger partial charge on any atom is -0.340 e. The molecule has 3 aromatic rings. The van der Waals surface area contributed by atoms with Crippen LogP contribution in [-0.4, -0.2) is 4.57 Å². The largest absolute Gasteiger partial charge is 0.340 e. The van der Waals surface area contributed by atoms with Crippen molar-refractivity contribution in [3.8, 4) is 0 Å². The third kappa shape index (κ3) is 2.12. The summed E-state index contributed by atoms with van der Waals surface area (Å²) in [4.78, 5) is 0. The number of aryl methyl sites for hydroxylation is 1. The highest BCUT2D eigenvalue weighted by molar-refractivity contribution is 5.81. The highest BCUT2D eigenvalue weighted by atomic mass is 19.1. The molecule has 0 fully saturated rings. The van der Waals surface area contributed by atoms with Crippen molar-refractivity contribution in [1.82, 2.24) is 4.57 Å². The summed E-state index contributed by atoms with van der Waals surface area (Å²) < 4.78 is 28.9. The van der Waals surface area contributed by atoms with Gasteiger partial charge in [0.1, 0.15) is 11.6 Å². The lowest BCUT2D eigenvalue weighted by Crippen LogP contribution is -2.04. The minimum atomic E-state index is -0.412. The Kier molecular flexibility index (Phi) is 2.82. The van der Waals surface area contributed by atoms with E-state index in [2.05, 4.69) is 0 Å². The second kappa shape index (κ2) is 4.50. The molecule has 1 nitrogen and oxygen atoms in total. The fourth-order valence-electron chi connectivity index (χ4n) is 2.39. The van der Waals surface area contributed by atoms with Crippen molar-refractivity contribution in [1.29, 1.82) is 0 Å². The van der Waals surface area contributed by atoms with E-state index >= 15 is 0 Å². The summed E-state index contributed by atoms with van der Waals surface area (Å²) in [6.45, 7) is 2.31. The van der Waals surface area contributed by atoms with Crippen LogP contribution >= 0.6 is 0 Å². The number of hydrogen-bond acceptors (Lipinski definition) is 0. The van der Waals surface area contributed by atoms with Gasteiger partial charge in [-0.3, -0.25) is 0 Å². The average Bonchev–Trinajstić information content (AvgIpc) is 2.71. The van der Waals surface area contributed by atoms with Gasteiger partial charge in [-0.15, -0.1) is 0 Å². The third-order valence-corrected chi connectivity index (χ3v) is 3.35. The maximum absolute atomic E-state index is 13.7. The molecule has 0 saturated carbocycles. The van der Waals surface area contributed by atoms with Crippen LogP contribution in [-0.2, 0) is 6.54 Å². The molecule has 19 heavy (non-hydrogen) atoms. The van der Waals surface area contributed by atoms with Gasteiger partial charge in [0.15, 0.2) is 0 Å². The van der Waals surface area contributed by atoms with Gasteiger partial charge in [-0.1, -0.05) is 18.2 Å². The molecule has 0 atom stereocenters. The monoisotopic (exact) mass is 257 g/mol. The molecule has 1 heterocycles. The first-order valence-corrected chi connectivity index (χ1v) is 6.14. The number of nitrogens with zero attached hydrogens (tertiary/aromatic N) is 1. The topological polar surface area (TPSA) is 4.93 Å². The maximum atomic E-state index is 13.7. The van der Waals surface area contributed by atoms with Crippen molar-refractivity contribution in [3.63, 3.8) is 0 Å². The molecule has 0 spiro atoms. The summed E-state index contributed by atoms with van der Waals surface area (Å²) in [5.41, 5.74) is 2.43. The van der Waals surface area contributed by atoms with Crippen LogP contribution in [0.25, 0.3) is 10.9 Å². The number of halogens is 2. The summed E-state index contributed by atoms with van der Waals surface area (Å²) in [5, 5.41) is 1.11. The molecule has 0 aliphatic rings. The Labute approximate surface area is 110 Å². The van der Waals surface area contributed by atoms with E-state index in [0.717, 1.165) is 22.7 Å². The molecule has 2 aromatic carbocycles. The van der Waals surface area contributed by atoms with Crippen LogP contribution in [0, 0.1) is 18.6 Å². The van der Waals surface area contributed by atoms with Crippen LogP contribution in [0.3, 0.4) is 0 Å². The molecule has 0 aliphatic carbocycles. The Morgan fingerprint density at radius 1 is 1.00 bits per heavy atom. The Hall–Kier alpha value is -2.16. The first kappa shape index (κ1) is 11.9.